The molecular formula is C13H19N4O3+. The predicted octanol–water partition coefficient (Wildman–Crippen LogP) is -0.622. The van der Waals surface area contributed by atoms with Crippen molar-refractivity contribution in [1.82, 2.24) is 10.4 Å². The van der Waals surface area contributed by atoms with Crippen LogP contribution in [0.15, 0.2) is 18.2 Å². The monoisotopic (exact) mass is 279 g/mol. The summed E-state index contributed by atoms with van der Waals surface area (Å²) >= 11 is 0. The number of hydrogen-bond acceptors (Lipinski definition) is 4. The van der Waals surface area contributed by atoms with E-state index in [1.165, 1.54) is 17.0 Å². The molecule has 0 saturated carbocycles. The Labute approximate surface area is 117 Å². The Hall–Kier alpha value is -1.99. The number of nitrogens with zero attached hydrogens (tertiary/aromatic N) is 2. The van der Waals surface area contributed by atoms with Gasteiger partial charge in [0.2, 0.25) is 0 Å². The second-order valence-electron chi connectivity index (χ2n) is 5.14. The van der Waals surface area contributed by atoms with Gasteiger partial charge in [-0.15, -0.1) is 0 Å². The Morgan fingerprint density at radius 1 is 1.40 bits per heavy atom. The second kappa shape index (κ2) is 5.98. The van der Waals surface area contributed by atoms with Crippen LogP contribution < -0.4 is 10.3 Å². The fraction of sp³-hybridized carbons (Fsp3) is 0.462. The number of carbonyl (C=O) groups excluding carboxylic acids is 1. The summed E-state index contributed by atoms with van der Waals surface area (Å²) in [4.78, 5) is 23.8. The molecule has 1 aliphatic heterocycles. The van der Waals surface area contributed by atoms with Gasteiger partial charge >= 0.3 is 0 Å². The SMILES string of the molecule is Cc1cc(C(=O)NN2CC[NH+](C)CC2)ccc1[N+](=O)[O-]. The second-order valence-corrected chi connectivity index (χ2v) is 5.14. The molecule has 0 radical (unpaired) electrons. The lowest BCUT2D eigenvalue weighted by molar-refractivity contribution is -0.884. The number of likely N-dealkylation sites (N-methyl/N-ethyl adjacent to an activating group) is 1. The highest BCUT2D eigenvalue weighted by Gasteiger charge is 2.20. The zero-order chi connectivity index (χ0) is 14.7. The van der Waals surface area contributed by atoms with Crippen LogP contribution in [-0.2, 0) is 0 Å². The predicted molar refractivity (Wildman–Crippen MR) is 73.5 cm³/mol. The summed E-state index contributed by atoms with van der Waals surface area (Å²) in [5, 5.41) is 12.6. The Bertz CT molecular complexity index is 524. The summed E-state index contributed by atoms with van der Waals surface area (Å²) in [6.07, 6.45) is 0. The van der Waals surface area contributed by atoms with E-state index in [4.69, 9.17) is 0 Å². The number of amides is 1. The average molecular weight is 279 g/mol. The van der Waals surface area contributed by atoms with Crippen LogP contribution >= 0.6 is 0 Å². The molecule has 0 bridgehead atoms. The van der Waals surface area contributed by atoms with Crippen LogP contribution in [0.1, 0.15) is 15.9 Å². The lowest BCUT2D eigenvalue weighted by Gasteiger charge is -2.30. The van der Waals surface area contributed by atoms with E-state index < -0.39 is 4.92 Å². The zero-order valence-corrected chi connectivity index (χ0v) is 11.7. The van der Waals surface area contributed by atoms with E-state index >= 15 is 0 Å². The number of aryl methyl sites for hydroxylation is 1. The van der Waals surface area contributed by atoms with Crippen molar-refractivity contribution in [2.75, 3.05) is 33.2 Å². The van der Waals surface area contributed by atoms with Crippen molar-refractivity contribution in [1.29, 1.82) is 0 Å². The number of hydrazine groups is 1. The van der Waals surface area contributed by atoms with Crippen molar-refractivity contribution < 1.29 is 14.6 Å². The van der Waals surface area contributed by atoms with Gasteiger partial charge in [0.05, 0.1) is 38.2 Å². The van der Waals surface area contributed by atoms with Crippen molar-refractivity contribution in [3.05, 3.63) is 39.4 Å². The van der Waals surface area contributed by atoms with E-state index in [-0.39, 0.29) is 11.6 Å². The first-order chi connectivity index (χ1) is 9.47. The molecule has 1 aromatic carbocycles. The molecule has 1 aliphatic rings. The molecule has 0 aliphatic carbocycles. The molecule has 0 atom stereocenters. The summed E-state index contributed by atoms with van der Waals surface area (Å²) in [7, 11) is 2.12. The minimum absolute atomic E-state index is 0.0322. The first kappa shape index (κ1) is 14.4. The summed E-state index contributed by atoms with van der Waals surface area (Å²) in [6, 6.07) is 4.41. The number of nitro groups is 1. The Balaban J connectivity index is 2.02. The van der Waals surface area contributed by atoms with E-state index in [0.717, 1.165) is 26.2 Å². The van der Waals surface area contributed by atoms with Gasteiger partial charge in [-0.2, -0.15) is 0 Å². The molecule has 20 heavy (non-hydrogen) atoms. The Morgan fingerprint density at radius 3 is 2.60 bits per heavy atom. The molecule has 7 heteroatoms. The molecule has 0 aromatic heterocycles. The van der Waals surface area contributed by atoms with Crippen molar-refractivity contribution >= 4 is 11.6 Å². The summed E-state index contributed by atoms with van der Waals surface area (Å²) in [6.45, 7) is 5.22. The molecule has 108 valence electrons. The van der Waals surface area contributed by atoms with Gasteiger partial charge < -0.3 is 4.90 Å². The number of piperazine rings is 1. The number of rotatable bonds is 3. The Kier molecular flexibility index (Phi) is 4.31. The van der Waals surface area contributed by atoms with E-state index in [0.29, 0.717) is 11.1 Å². The number of nitrogens with one attached hydrogen (secondary N) is 2. The summed E-state index contributed by atoms with van der Waals surface area (Å²) in [5.74, 6) is -0.220. The topological polar surface area (TPSA) is 79.9 Å². The van der Waals surface area contributed by atoms with Gasteiger partial charge in [0, 0.05) is 17.2 Å². The average Bonchev–Trinajstić information content (AvgIpc) is 2.40. The van der Waals surface area contributed by atoms with Gasteiger partial charge in [0.15, 0.2) is 0 Å². The zero-order valence-electron chi connectivity index (χ0n) is 11.7. The molecule has 1 heterocycles. The van der Waals surface area contributed by atoms with Crippen LogP contribution in [0, 0.1) is 17.0 Å². The third kappa shape index (κ3) is 3.31. The van der Waals surface area contributed by atoms with E-state index in [9.17, 15) is 14.9 Å². The molecule has 1 amide bonds. The van der Waals surface area contributed by atoms with Gasteiger partial charge in [0.25, 0.3) is 11.6 Å². The molecule has 0 spiro atoms. The van der Waals surface area contributed by atoms with Crippen LogP contribution in [0.25, 0.3) is 0 Å². The van der Waals surface area contributed by atoms with Gasteiger partial charge in [-0.25, -0.2) is 5.01 Å². The van der Waals surface area contributed by atoms with Crippen LogP contribution in [0.3, 0.4) is 0 Å². The highest BCUT2D eigenvalue weighted by atomic mass is 16.6. The molecule has 1 fully saturated rings. The molecule has 7 nitrogen and oxygen atoms in total. The van der Waals surface area contributed by atoms with E-state index in [1.807, 2.05) is 5.01 Å². The van der Waals surface area contributed by atoms with Gasteiger partial charge in [-0.1, -0.05) is 0 Å². The maximum atomic E-state index is 12.1. The third-order valence-corrected chi connectivity index (χ3v) is 3.53. The lowest BCUT2D eigenvalue weighted by Crippen LogP contribution is -3.12. The van der Waals surface area contributed by atoms with Crippen LogP contribution in [0.2, 0.25) is 0 Å². The van der Waals surface area contributed by atoms with Crippen LogP contribution in [0.4, 0.5) is 5.69 Å². The first-order valence-electron chi connectivity index (χ1n) is 6.59. The normalized spacial score (nSPS) is 16.9. The minimum atomic E-state index is -0.444. The van der Waals surface area contributed by atoms with Gasteiger partial charge in [0.1, 0.15) is 0 Å². The lowest BCUT2D eigenvalue weighted by atomic mass is 10.1. The number of benzene rings is 1. The maximum Gasteiger partial charge on any atom is 0.272 e. The maximum absolute atomic E-state index is 12.1. The van der Waals surface area contributed by atoms with Gasteiger partial charge in [-0.3, -0.25) is 20.3 Å². The van der Waals surface area contributed by atoms with Crippen LogP contribution in [0.5, 0.6) is 0 Å². The smallest absolute Gasteiger partial charge is 0.272 e. The fourth-order valence-electron chi connectivity index (χ4n) is 2.21. The minimum Gasteiger partial charge on any atom is -0.335 e. The van der Waals surface area contributed by atoms with Crippen LogP contribution in [-0.4, -0.2) is 49.1 Å². The number of hydrogen-bond donors (Lipinski definition) is 2. The van der Waals surface area contributed by atoms with E-state index in [1.54, 1.807) is 13.0 Å². The fourth-order valence-corrected chi connectivity index (χ4v) is 2.21. The van der Waals surface area contributed by atoms with E-state index in [2.05, 4.69) is 12.5 Å². The van der Waals surface area contributed by atoms with Crippen molar-refractivity contribution in [3.63, 3.8) is 0 Å². The third-order valence-electron chi connectivity index (χ3n) is 3.53. The van der Waals surface area contributed by atoms with Gasteiger partial charge in [-0.05, 0) is 19.1 Å². The number of quaternary nitrogens is 1. The van der Waals surface area contributed by atoms with Crippen molar-refractivity contribution in [3.8, 4) is 0 Å². The molecule has 1 aromatic rings. The summed E-state index contributed by atoms with van der Waals surface area (Å²) in [5.41, 5.74) is 3.81. The quantitative estimate of drug-likeness (QED) is 0.571. The van der Waals surface area contributed by atoms with Crippen molar-refractivity contribution in [2.24, 2.45) is 0 Å². The largest absolute Gasteiger partial charge is 0.335 e. The molecule has 2 N–H and O–H groups in total. The number of nitro benzene ring substituents is 1. The highest BCUT2D eigenvalue weighted by molar-refractivity contribution is 5.94. The molecule has 0 unspecified atom stereocenters. The summed E-state index contributed by atoms with van der Waals surface area (Å²) < 4.78 is 0. The van der Waals surface area contributed by atoms with Crippen molar-refractivity contribution in [2.45, 2.75) is 6.92 Å². The molecule has 2 rings (SSSR count). The Morgan fingerprint density at radius 2 is 2.05 bits per heavy atom. The molecule has 1 saturated heterocycles. The molecular weight excluding hydrogens is 260 g/mol. The standard InChI is InChI=1S/C13H18N4O3/c1-10-9-11(3-4-12(10)17(19)20)13(18)14-16-7-5-15(2)6-8-16/h3-4,9H,5-8H2,1-2H3,(H,14,18)/p+1. The first-order valence-corrected chi connectivity index (χ1v) is 6.59. The highest BCUT2D eigenvalue weighted by Crippen LogP contribution is 2.18. The number of carbonyl (C=O) groups is 1.